The van der Waals surface area contributed by atoms with Crippen molar-refractivity contribution in [1.29, 1.82) is 0 Å². The van der Waals surface area contributed by atoms with Crippen molar-refractivity contribution in [3.63, 3.8) is 0 Å². The van der Waals surface area contributed by atoms with Gasteiger partial charge in [0.15, 0.2) is 0 Å². The summed E-state index contributed by atoms with van der Waals surface area (Å²) in [5.41, 5.74) is 6.66. The van der Waals surface area contributed by atoms with Crippen molar-refractivity contribution < 1.29 is 4.79 Å². The molecule has 0 unspecified atom stereocenters. The molecule has 0 bridgehead atoms. The highest BCUT2D eigenvalue weighted by Crippen LogP contribution is 2.09. The summed E-state index contributed by atoms with van der Waals surface area (Å²) in [6.45, 7) is 6.01. The summed E-state index contributed by atoms with van der Waals surface area (Å²) >= 11 is 0. The zero-order valence-electron chi connectivity index (χ0n) is 10.7. The predicted octanol–water partition coefficient (Wildman–Crippen LogP) is 1.63. The molecular formula is C13H21N3O. The van der Waals surface area contributed by atoms with E-state index in [0.717, 1.165) is 5.69 Å². The van der Waals surface area contributed by atoms with Crippen molar-refractivity contribution in [3.05, 3.63) is 30.1 Å². The molecule has 2 atom stereocenters. The maximum atomic E-state index is 11.8. The minimum absolute atomic E-state index is 0.109. The first-order valence-corrected chi connectivity index (χ1v) is 5.97. The highest BCUT2D eigenvalue weighted by atomic mass is 16.2. The Kier molecular flexibility index (Phi) is 5.10. The fraction of sp³-hybridized carbons (Fsp3) is 0.538. The van der Waals surface area contributed by atoms with Gasteiger partial charge in [0.2, 0.25) is 5.91 Å². The van der Waals surface area contributed by atoms with E-state index in [2.05, 4.69) is 24.1 Å². The summed E-state index contributed by atoms with van der Waals surface area (Å²) in [5.74, 6) is 0.303. The lowest BCUT2D eigenvalue weighted by atomic mass is 10.0. The lowest BCUT2D eigenvalue weighted by Crippen LogP contribution is -2.42. The van der Waals surface area contributed by atoms with Crippen LogP contribution >= 0.6 is 0 Å². The predicted molar refractivity (Wildman–Crippen MR) is 68.2 cm³/mol. The number of hydrogen-bond donors (Lipinski definition) is 2. The Balaban J connectivity index is 2.51. The minimum atomic E-state index is -0.443. The highest BCUT2D eigenvalue weighted by molar-refractivity contribution is 5.81. The lowest BCUT2D eigenvalue weighted by molar-refractivity contribution is -0.123. The SMILES string of the molecule is CC(C)C[C@H](N)C(=O)N[C@@H](C)c1ccccn1. The van der Waals surface area contributed by atoms with E-state index in [1.54, 1.807) is 6.20 Å². The fourth-order valence-corrected chi connectivity index (χ4v) is 1.64. The zero-order chi connectivity index (χ0) is 12.8. The second kappa shape index (κ2) is 6.35. The van der Waals surface area contributed by atoms with E-state index in [4.69, 9.17) is 5.73 Å². The molecule has 4 heteroatoms. The first-order chi connectivity index (χ1) is 8.00. The average Bonchev–Trinajstić information content (AvgIpc) is 2.29. The van der Waals surface area contributed by atoms with E-state index < -0.39 is 6.04 Å². The number of nitrogens with zero attached hydrogens (tertiary/aromatic N) is 1. The van der Waals surface area contributed by atoms with Crippen molar-refractivity contribution in [2.45, 2.75) is 39.3 Å². The summed E-state index contributed by atoms with van der Waals surface area (Å²) in [5, 5.41) is 2.87. The topological polar surface area (TPSA) is 68.0 Å². The third-order valence-corrected chi connectivity index (χ3v) is 2.55. The summed E-state index contributed by atoms with van der Waals surface area (Å²) < 4.78 is 0. The van der Waals surface area contributed by atoms with Gasteiger partial charge in [0, 0.05) is 6.20 Å². The maximum Gasteiger partial charge on any atom is 0.237 e. The van der Waals surface area contributed by atoms with E-state index in [0.29, 0.717) is 12.3 Å². The summed E-state index contributed by atoms with van der Waals surface area (Å²) in [7, 11) is 0. The van der Waals surface area contributed by atoms with Crippen molar-refractivity contribution in [2.75, 3.05) is 0 Å². The lowest BCUT2D eigenvalue weighted by Gasteiger charge is -2.18. The molecule has 0 aliphatic heterocycles. The Hall–Kier alpha value is -1.42. The van der Waals surface area contributed by atoms with Gasteiger partial charge in [0.05, 0.1) is 17.8 Å². The first-order valence-electron chi connectivity index (χ1n) is 5.97. The van der Waals surface area contributed by atoms with Crippen LogP contribution in [0.25, 0.3) is 0 Å². The van der Waals surface area contributed by atoms with Crippen LogP contribution in [-0.4, -0.2) is 16.9 Å². The number of nitrogens with one attached hydrogen (secondary N) is 1. The van der Waals surface area contributed by atoms with Crippen LogP contribution in [0.2, 0.25) is 0 Å². The van der Waals surface area contributed by atoms with Gasteiger partial charge >= 0.3 is 0 Å². The minimum Gasteiger partial charge on any atom is -0.347 e. The zero-order valence-corrected chi connectivity index (χ0v) is 10.7. The van der Waals surface area contributed by atoms with Gasteiger partial charge < -0.3 is 11.1 Å². The molecule has 0 saturated heterocycles. The smallest absolute Gasteiger partial charge is 0.237 e. The van der Waals surface area contributed by atoms with Crippen molar-refractivity contribution in [1.82, 2.24) is 10.3 Å². The number of carbonyl (C=O) groups excluding carboxylic acids is 1. The van der Waals surface area contributed by atoms with Gasteiger partial charge in [-0.1, -0.05) is 19.9 Å². The fourth-order valence-electron chi connectivity index (χ4n) is 1.64. The van der Waals surface area contributed by atoms with Crippen LogP contribution in [0.5, 0.6) is 0 Å². The standard InChI is InChI=1S/C13H21N3O/c1-9(2)8-11(14)13(17)16-10(3)12-6-4-5-7-15-12/h4-7,9-11H,8,14H2,1-3H3,(H,16,17)/t10-,11-/m0/s1. The molecule has 1 aromatic heterocycles. The van der Waals surface area contributed by atoms with E-state index >= 15 is 0 Å². The number of amides is 1. The van der Waals surface area contributed by atoms with Crippen LogP contribution in [-0.2, 0) is 4.79 Å². The second-order valence-electron chi connectivity index (χ2n) is 4.72. The molecule has 1 aromatic rings. The Morgan fingerprint density at radius 3 is 2.65 bits per heavy atom. The van der Waals surface area contributed by atoms with Crippen LogP contribution in [0.3, 0.4) is 0 Å². The molecule has 94 valence electrons. The summed E-state index contributed by atoms with van der Waals surface area (Å²) in [4.78, 5) is 16.0. The van der Waals surface area contributed by atoms with Crippen molar-refractivity contribution in [2.24, 2.45) is 11.7 Å². The average molecular weight is 235 g/mol. The van der Waals surface area contributed by atoms with Crippen LogP contribution in [0.15, 0.2) is 24.4 Å². The molecule has 0 radical (unpaired) electrons. The van der Waals surface area contributed by atoms with Gasteiger partial charge in [-0.2, -0.15) is 0 Å². The van der Waals surface area contributed by atoms with Gasteiger partial charge in [0.25, 0.3) is 0 Å². The van der Waals surface area contributed by atoms with Crippen LogP contribution in [0, 0.1) is 5.92 Å². The largest absolute Gasteiger partial charge is 0.347 e. The molecule has 1 heterocycles. The van der Waals surface area contributed by atoms with Crippen molar-refractivity contribution >= 4 is 5.91 Å². The molecule has 3 N–H and O–H groups in total. The number of carbonyl (C=O) groups is 1. The summed E-state index contributed by atoms with van der Waals surface area (Å²) in [6.07, 6.45) is 2.41. The molecule has 0 spiro atoms. The Morgan fingerprint density at radius 2 is 2.12 bits per heavy atom. The Morgan fingerprint density at radius 1 is 1.41 bits per heavy atom. The highest BCUT2D eigenvalue weighted by Gasteiger charge is 2.17. The van der Waals surface area contributed by atoms with Crippen LogP contribution in [0.4, 0.5) is 0 Å². The van der Waals surface area contributed by atoms with E-state index in [1.165, 1.54) is 0 Å². The molecule has 17 heavy (non-hydrogen) atoms. The van der Waals surface area contributed by atoms with Gasteiger partial charge in [-0.15, -0.1) is 0 Å². The van der Waals surface area contributed by atoms with Crippen LogP contribution < -0.4 is 11.1 Å². The quantitative estimate of drug-likeness (QED) is 0.815. The first kappa shape index (κ1) is 13.6. The molecular weight excluding hydrogens is 214 g/mol. The molecule has 4 nitrogen and oxygen atoms in total. The molecule has 0 fully saturated rings. The molecule has 0 aliphatic carbocycles. The van der Waals surface area contributed by atoms with Gasteiger partial charge in [-0.3, -0.25) is 9.78 Å². The summed E-state index contributed by atoms with van der Waals surface area (Å²) in [6, 6.07) is 5.09. The molecule has 1 amide bonds. The van der Waals surface area contributed by atoms with Gasteiger partial charge in [-0.05, 0) is 31.4 Å². The van der Waals surface area contributed by atoms with Gasteiger partial charge in [0.1, 0.15) is 0 Å². The molecule has 0 saturated carbocycles. The number of aromatic nitrogens is 1. The molecule has 0 aliphatic rings. The van der Waals surface area contributed by atoms with E-state index in [-0.39, 0.29) is 11.9 Å². The number of rotatable bonds is 5. The van der Waals surface area contributed by atoms with E-state index in [9.17, 15) is 4.79 Å². The molecule has 1 rings (SSSR count). The second-order valence-corrected chi connectivity index (χ2v) is 4.72. The maximum absolute atomic E-state index is 11.8. The van der Waals surface area contributed by atoms with Crippen LogP contribution in [0.1, 0.15) is 38.9 Å². The number of hydrogen-bond acceptors (Lipinski definition) is 3. The third kappa shape index (κ3) is 4.53. The third-order valence-electron chi connectivity index (χ3n) is 2.55. The molecule has 0 aromatic carbocycles. The number of nitrogens with two attached hydrogens (primary N) is 1. The van der Waals surface area contributed by atoms with E-state index in [1.807, 2.05) is 25.1 Å². The number of pyridine rings is 1. The Labute approximate surface area is 103 Å². The monoisotopic (exact) mass is 235 g/mol. The normalized spacial score (nSPS) is 14.4. The Bertz CT molecular complexity index is 351. The van der Waals surface area contributed by atoms with Gasteiger partial charge in [-0.25, -0.2) is 0 Å². The van der Waals surface area contributed by atoms with Crippen molar-refractivity contribution in [3.8, 4) is 0 Å².